The molecule has 62 valence electrons. The van der Waals surface area contributed by atoms with Crippen molar-refractivity contribution < 1.29 is 9.59 Å². The third-order valence-electron chi connectivity index (χ3n) is 1.78. The van der Waals surface area contributed by atoms with Gasteiger partial charge in [0.25, 0.3) is 0 Å². The zero-order chi connectivity index (χ0) is 8.43. The number of carbonyl (C=O) groups excluding carboxylic acids is 2. The normalized spacial score (nSPS) is 24.9. The maximum Gasteiger partial charge on any atom is 0.232 e. The van der Waals surface area contributed by atoms with E-state index in [0.717, 1.165) is 4.43 Å². The van der Waals surface area contributed by atoms with Crippen molar-refractivity contribution in [1.29, 1.82) is 0 Å². The van der Waals surface area contributed by atoms with Gasteiger partial charge in [-0.1, -0.05) is 29.5 Å². The SMILES string of the molecule is CC1CC(=O)N(CCI)C1=O. The molecule has 0 bridgehead atoms. The Morgan fingerprint density at radius 3 is 2.64 bits per heavy atom. The fraction of sp³-hybridized carbons (Fsp3) is 0.714. The van der Waals surface area contributed by atoms with E-state index >= 15 is 0 Å². The second-order valence-corrected chi connectivity index (χ2v) is 3.76. The fourth-order valence-electron chi connectivity index (χ4n) is 1.17. The van der Waals surface area contributed by atoms with Gasteiger partial charge in [-0.05, 0) is 0 Å². The van der Waals surface area contributed by atoms with Crippen LogP contribution in [0, 0.1) is 5.92 Å². The molecule has 1 fully saturated rings. The number of hydrogen-bond acceptors (Lipinski definition) is 2. The van der Waals surface area contributed by atoms with Gasteiger partial charge in [0.15, 0.2) is 0 Å². The molecule has 0 aromatic carbocycles. The first-order chi connectivity index (χ1) is 5.16. The number of alkyl halides is 1. The summed E-state index contributed by atoms with van der Waals surface area (Å²) < 4.78 is 0.821. The Kier molecular flexibility index (Phi) is 2.86. The van der Waals surface area contributed by atoms with Gasteiger partial charge in [-0.25, -0.2) is 0 Å². The van der Waals surface area contributed by atoms with Crippen LogP contribution in [0.2, 0.25) is 0 Å². The Morgan fingerprint density at radius 2 is 2.27 bits per heavy atom. The van der Waals surface area contributed by atoms with Crippen molar-refractivity contribution >= 4 is 34.4 Å². The molecular weight excluding hydrogens is 257 g/mol. The van der Waals surface area contributed by atoms with E-state index in [1.165, 1.54) is 4.90 Å². The van der Waals surface area contributed by atoms with Crippen LogP contribution >= 0.6 is 22.6 Å². The zero-order valence-electron chi connectivity index (χ0n) is 6.34. The van der Waals surface area contributed by atoms with Crippen LogP contribution in [-0.2, 0) is 9.59 Å². The molecule has 1 aliphatic rings. The summed E-state index contributed by atoms with van der Waals surface area (Å²) in [5.74, 6) is -0.115. The lowest BCUT2D eigenvalue weighted by Crippen LogP contribution is -2.31. The van der Waals surface area contributed by atoms with Gasteiger partial charge in [-0.2, -0.15) is 0 Å². The number of hydrogen-bond donors (Lipinski definition) is 0. The average Bonchev–Trinajstić information content (AvgIpc) is 2.17. The molecule has 0 spiro atoms. The van der Waals surface area contributed by atoms with Crippen LogP contribution in [0.4, 0.5) is 0 Å². The topological polar surface area (TPSA) is 37.4 Å². The van der Waals surface area contributed by atoms with Crippen molar-refractivity contribution in [3.05, 3.63) is 0 Å². The first-order valence-electron chi connectivity index (χ1n) is 3.57. The first-order valence-corrected chi connectivity index (χ1v) is 5.09. The number of likely N-dealkylation sites (tertiary alicyclic amines) is 1. The Bertz CT molecular complexity index is 193. The Hall–Kier alpha value is -0.130. The summed E-state index contributed by atoms with van der Waals surface area (Å²) in [5, 5.41) is 0. The second-order valence-electron chi connectivity index (χ2n) is 2.68. The lowest BCUT2D eigenvalue weighted by molar-refractivity contribution is -0.138. The molecule has 0 saturated carbocycles. The minimum Gasteiger partial charge on any atom is -0.282 e. The molecule has 1 saturated heterocycles. The van der Waals surface area contributed by atoms with Gasteiger partial charge >= 0.3 is 0 Å². The maximum atomic E-state index is 11.2. The molecule has 1 rings (SSSR count). The summed E-state index contributed by atoms with van der Waals surface area (Å²) in [4.78, 5) is 23.7. The molecule has 0 aromatic rings. The predicted molar refractivity (Wildman–Crippen MR) is 49.4 cm³/mol. The summed E-state index contributed by atoms with van der Waals surface area (Å²) >= 11 is 2.16. The van der Waals surface area contributed by atoms with E-state index in [2.05, 4.69) is 22.6 Å². The number of amides is 2. The van der Waals surface area contributed by atoms with Gasteiger partial charge < -0.3 is 0 Å². The molecule has 11 heavy (non-hydrogen) atoms. The van der Waals surface area contributed by atoms with Crippen molar-refractivity contribution in [3.8, 4) is 0 Å². The number of carbonyl (C=O) groups is 2. The van der Waals surface area contributed by atoms with E-state index in [9.17, 15) is 9.59 Å². The average molecular weight is 267 g/mol. The van der Waals surface area contributed by atoms with Crippen LogP contribution in [-0.4, -0.2) is 27.7 Å². The predicted octanol–water partition coefficient (Wildman–Crippen LogP) is 0.816. The molecular formula is C7H10INO2. The maximum absolute atomic E-state index is 11.2. The molecule has 4 heteroatoms. The molecule has 1 aliphatic heterocycles. The van der Waals surface area contributed by atoms with Gasteiger partial charge in [0, 0.05) is 23.3 Å². The van der Waals surface area contributed by atoms with E-state index in [1.807, 2.05) is 0 Å². The summed E-state index contributed by atoms with van der Waals surface area (Å²) in [6.07, 6.45) is 0.398. The summed E-state index contributed by atoms with van der Waals surface area (Å²) in [7, 11) is 0. The molecule has 1 unspecified atom stereocenters. The third kappa shape index (κ3) is 1.72. The number of imide groups is 1. The lowest BCUT2D eigenvalue weighted by Gasteiger charge is -2.11. The Labute approximate surface area is 79.3 Å². The van der Waals surface area contributed by atoms with Crippen molar-refractivity contribution in [2.45, 2.75) is 13.3 Å². The van der Waals surface area contributed by atoms with E-state index in [1.54, 1.807) is 6.92 Å². The second kappa shape index (κ2) is 3.51. The van der Waals surface area contributed by atoms with Crippen molar-refractivity contribution in [2.75, 3.05) is 11.0 Å². The molecule has 3 nitrogen and oxygen atoms in total. The highest BCUT2D eigenvalue weighted by Gasteiger charge is 2.34. The summed E-state index contributed by atoms with van der Waals surface area (Å²) in [6, 6.07) is 0. The van der Waals surface area contributed by atoms with Crippen molar-refractivity contribution in [2.24, 2.45) is 5.92 Å². The van der Waals surface area contributed by atoms with E-state index in [-0.39, 0.29) is 17.7 Å². The minimum absolute atomic E-state index is 0.00772. The van der Waals surface area contributed by atoms with E-state index in [0.29, 0.717) is 13.0 Å². The summed E-state index contributed by atoms with van der Waals surface area (Å²) in [5.41, 5.74) is 0. The summed E-state index contributed by atoms with van der Waals surface area (Å²) in [6.45, 7) is 2.37. The minimum atomic E-state index is -0.0922. The number of nitrogens with zero attached hydrogens (tertiary/aromatic N) is 1. The first kappa shape index (κ1) is 8.96. The quantitative estimate of drug-likeness (QED) is 0.422. The van der Waals surface area contributed by atoms with Crippen molar-refractivity contribution in [1.82, 2.24) is 4.90 Å². The third-order valence-corrected chi connectivity index (χ3v) is 2.26. The van der Waals surface area contributed by atoms with E-state index in [4.69, 9.17) is 0 Å². The molecule has 1 atom stereocenters. The Morgan fingerprint density at radius 1 is 1.64 bits per heavy atom. The standard InChI is InChI=1S/C7H10INO2/c1-5-4-6(10)9(3-2-8)7(5)11/h5H,2-4H2,1H3. The van der Waals surface area contributed by atoms with Crippen LogP contribution in [0.25, 0.3) is 0 Å². The Balaban J connectivity index is 2.64. The van der Waals surface area contributed by atoms with Gasteiger partial charge in [0.1, 0.15) is 0 Å². The molecule has 0 radical (unpaired) electrons. The molecule has 0 aliphatic carbocycles. The molecule has 0 N–H and O–H groups in total. The number of rotatable bonds is 2. The largest absolute Gasteiger partial charge is 0.282 e. The number of halogens is 1. The molecule has 0 aromatic heterocycles. The van der Waals surface area contributed by atoms with Crippen LogP contribution in [0.5, 0.6) is 0 Å². The smallest absolute Gasteiger partial charge is 0.232 e. The van der Waals surface area contributed by atoms with Crippen molar-refractivity contribution in [3.63, 3.8) is 0 Å². The van der Waals surface area contributed by atoms with Gasteiger partial charge in [-0.15, -0.1) is 0 Å². The lowest BCUT2D eigenvalue weighted by atomic mass is 10.1. The van der Waals surface area contributed by atoms with Crippen LogP contribution in [0.15, 0.2) is 0 Å². The highest BCUT2D eigenvalue weighted by atomic mass is 127. The van der Waals surface area contributed by atoms with Crippen LogP contribution < -0.4 is 0 Å². The van der Waals surface area contributed by atoms with Gasteiger partial charge in [0.2, 0.25) is 11.8 Å². The van der Waals surface area contributed by atoms with Crippen LogP contribution in [0.3, 0.4) is 0 Å². The fourth-order valence-corrected chi connectivity index (χ4v) is 1.65. The zero-order valence-corrected chi connectivity index (χ0v) is 8.50. The highest BCUT2D eigenvalue weighted by Crippen LogP contribution is 2.18. The highest BCUT2D eigenvalue weighted by molar-refractivity contribution is 14.1. The molecule has 2 amide bonds. The van der Waals surface area contributed by atoms with Crippen LogP contribution in [0.1, 0.15) is 13.3 Å². The monoisotopic (exact) mass is 267 g/mol. The van der Waals surface area contributed by atoms with E-state index < -0.39 is 0 Å². The van der Waals surface area contributed by atoms with Gasteiger partial charge in [0.05, 0.1) is 0 Å². The van der Waals surface area contributed by atoms with Gasteiger partial charge in [-0.3, -0.25) is 14.5 Å². The molecule has 1 heterocycles.